The predicted octanol–water partition coefficient (Wildman–Crippen LogP) is 2.47. The smallest absolute Gasteiger partial charge is 0.0104 e. The first kappa shape index (κ1) is 14.2. The van der Waals surface area contributed by atoms with Crippen LogP contribution in [0, 0.1) is 6.92 Å². The Labute approximate surface area is 106 Å². The van der Waals surface area contributed by atoms with E-state index >= 15 is 0 Å². The zero-order valence-corrected chi connectivity index (χ0v) is 11.5. The molecule has 2 heteroatoms. The van der Waals surface area contributed by atoms with Crippen LogP contribution in [-0.4, -0.2) is 38.1 Å². The maximum absolute atomic E-state index is 3.49. The number of likely N-dealkylation sites (N-methyl/N-ethyl adjacent to an activating group) is 1. The fraction of sp³-hybridized carbons (Fsp3) is 0.600. The molecule has 0 atom stereocenters. The first-order valence-corrected chi connectivity index (χ1v) is 6.67. The lowest BCUT2D eigenvalue weighted by atomic mass is 10.1. The monoisotopic (exact) mass is 234 g/mol. The molecular weight excluding hydrogens is 208 g/mol. The Bertz CT molecular complexity index is 310. The molecule has 0 spiro atoms. The van der Waals surface area contributed by atoms with Gasteiger partial charge in [0.2, 0.25) is 0 Å². The molecular formula is C15H26N2. The molecule has 0 aliphatic heterocycles. The van der Waals surface area contributed by atoms with E-state index in [0.717, 1.165) is 26.2 Å². The van der Waals surface area contributed by atoms with Crippen LogP contribution in [0.15, 0.2) is 24.3 Å². The van der Waals surface area contributed by atoms with Crippen molar-refractivity contribution in [1.82, 2.24) is 10.2 Å². The van der Waals surface area contributed by atoms with Crippen LogP contribution in [0.2, 0.25) is 0 Å². The van der Waals surface area contributed by atoms with Crippen molar-refractivity contribution in [2.75, 3.05) is 33.2 Å². The topological polar surface area (TPSA) is 15.3 Å². The molecule has 96 valence electrons. The summed E-state index contributed by atoms with van der Waals surface area (Å²) in [5.41, 5.74) is 2.82. The molecule has 0 fully saturated rings. The minimum Gasteiger partial charge on any atom is -0.315 e. The van der Waals surface area contributed by atoms with Gasteiger partial charge in [-0.1, -0.05) is 36.8 Å². The van der Waals surface area contributed by atoms with E-state index in [2.05, 4.69) is 55.4 Å². The Morgan fingerprint density at radius 3 is 2.76 bits per heavy atom. The molecule has 17 heavy (non-hydrogen) atoms. The van der Waals surface area contributed by atoms with Gasteiger partial charge in [-0.25, -0.2) is 0 Å². The molecule has 1 N–H and O–H groups in total. The Hall–Kier alpha value is -0.860. The molecule has 0 radical (unpaired) electrons. The molecule has 0 saturated carbocycles. The average molecular weight is 234 g/mol. The molecule has 0 amide bonds. The van der Waals surface area contributed by atoms with E-state index in [1.165, 1.54) is 24.0 Å². The van der Waals surface area contributed by atoms with Crippen molar-refractivity contribution >= 4 is 0 Å². The van der Waals surface area contributed by atoms with Crippen LogP contribution in [0.1, 0.15) is 24.5 Å². The summed E-state index contributed by atoms with van der Waals surface area (Å²) in [5.74, 6) is 0. The molecule has 0 heterocycles. The van der Waals surface area contributed by atoms with Crippen molar-refractivity contribution in [3.8, 4) is 0 Å². The molecule has 0 aromatic heterocycles. The van der Waals surface area contributed by atoms with E-state index in [1.807, 2.05) is 0 Å². The first-order chi connectivity index (χ1) is 8.22. The van der Waals surface area contributed by atoms with Crippen molar-refractivity contribution in [3.05, 3.63) is 35.4 Å². The molecule has 0 saturated heterocycles. The van der Waals surface area contributed by atoms with Crippen LogP contribution < -0.4 is 5.32 Å². The van der Waals surface area contributed by atoms with Crippen molar-refractivity contribution in [2.45, 2.75) is 26.7 Å². The van der Waals surface area contributed by atoms with Gasteiger partial charge in [0.1, 0.15) is 0 Å². The van der Waals surface area contributed by atoms with E-state index in [9.17, 15) is 0 Å². The van der Waals surface area contributed by atoms with Crippen LogP contribution in [0.3, 0.4) is 0 Å². The highest BCUT2D eigenvalue weighted by Crippen LogP contribution is 2.05. The number of hydrogen-bond donors (Lipinski definition) is 1. The first-order valence-electron chi connectivity index (χ1n) is 6.67. The second-order valence-electron chi connectivity index (χ2n) is 4.74. The molecule has 1 rings (SSSR count). The Balaban J connectivity index is 2.05. The van der Waals surface area contributed by atoms with Gasteiger partial charge in [-0.3, -0.25) is 0 Å². The number of rotatable bonds is 8. The second kappa shape index (κ2) is 8.26. The summed E-state index contributed by atoms with van der Waals surface area (Å²) in [7, 11) is 2.16. The molecule has 0 aliphatic carbocycles. The quantitative estimate of drug-likeness (QED) is 0.695. The molecule has 0 unspecified atom stereocenters. The number of benzene rings is 1. The van der Waals surface area contributed by atoms with Crippen LogP contribution in [0.4, 0.5) is 0 Å². The lowest BCUT2D eigenvalue weighted by Crippen LogP contribution is -2.29. The number of nitrogens with one attached hydrogen (secondary N) is 1. The lowest BCUT2D eigenvalue weighted by molar-refractivity contribution is 0.349. The van der Waals surface area contributed by atoms with Gasteiger partial charge in [0.25, 0.3) is 0 Å². The maximum Gasteiger partial charge on any atom is 0.0104 e. The van der Waals surface area contributed by atoms with E-state index in [0.29, 0.717) is 0 Å². The minimum absolute atomic E-state index is 1.10. The highest BCUT2D eigenvalue weighted by Gasteiger charge is 1.95. The fourth-order valence-corrected chi connectivity index (χ4v) is 1.84. The summed E-state index contributed by atoms with van der Waals surface area (Å²) in [5, 5.41) is 3.49. The van der Waals surface area contributed by atoms with Crippen molar-refractivity contribution in [3.63, 3.8) is 0 Å². The van der Waals surface area contributed by atoms with Gasteiger partial charge in [-0.2, -0.15) is 0 Å². The summed E-state index contributed by atoms with van der Waals surface area (Å²) in [4.78, 5) is 2.33. The van der Waals surface area contributed by atoms with Gasteiger partial charge in [0.05, 0.1) is 0 Å². The van der Waals surface area contributed by atoms with Gasteiger partial charge < -0.3 is 10.2 Å². The minimum atomic E-state index is 1.10. The second-order valence-corrected chi connectivity index (χ2v) is 4.74. The zero-order chi connectivity index (χ0) is 12.5. The lowest BCUT2D eigenvalue weighted by Gasteiger charge is -2.13. The van der Waals surface area contributed by atoms with Crippen LogP contribution >= 0.6 is 0 Å². The van der Waals surface area contributed by atoms with Crippen LogP contribution in [0.5, 0.6) is 0 Å². The Morgan fingerprint density at radius 1 is 1.24 bits per heavy atom. The molecule has 0 aliphatic rings. The summed E-state index contributed by atoms with van der Waals surface area (Å²) >= 11 is 0. The third-order valence-corrected chi connectivity index (χ3v) is 3.11. The van der Waals surface area contributed by atoms with Crippen LogP contribution in [0.25, 0.3) is 0 Å². The number of aryl methyl sites for hydroxylation is 2. The Kier molecular flexibility index (Phi) is 6.90. The molecule has 1 aromatic carbocycles. The standard InChI is InChI=1S/C15H26N2/c1-4-17(3)12-11-16-10-6-9-15-8-5-7-14(2)13-15/h5,7-8,13,16H,4,6,9-12H2,1-3H3. The van der Waals surface area contributed by atoms with Gasteiger partial charge in [0, 0.05) is 13.1 Å². The summed E-state index contributed by atoms with van der Waals surface area (Å²) < 4.78 is 0. The fourth-order valence-electron chi connectivity index (χ4n) is 1.84. The summed E-state index contributed by atoms with van der Waals surface area (Å²) in [6, 6.07) is 8.80. The van der Waals surface area contributed by atoms with Crippen molar-refractivity contribution in [1.29, 1.82) is 0 Å². The normalized spacial score (nSPS) is 11.1. The SMILES string of the molecule is CCN(C)CCNCCCc1cccc(C)c1. The van der Waals surface area contributed by atoms with Crippen molar-refractivity contribution < 1.29 is 0 Å². The highest BCUT2D eigenvalue weighted by atomic mass is 15.1. The van der Waals surface area contributed by atoms with E-state index in [-0.39, 0.29) is 0 Å². The summed E-state index contributed by atoms with van der Waals surface area (Å²) in [6.45, 7) is 8.83. The van der Waals surface area contributed by atoms with Crippen LogP contribution in [-0.2, 0) is 6.42 Å². The molecule has 1 aromatic rings. The van der Waals surface area contributed by atoms with Crippen molar-refractivity contribution in [2.24, 2.45) is 0 Å². The third-order valence-electron chi connectivity index (χ3n) is 3.11. The van der Waals surface area contributed by atoms with Gasteiger partial charge in [0.15, 0.2) is 0 Å². The average Bonchev–Trinajstić information content (AvgIpc) is 2.33. The number of nitrogens with zero attached hydrogens (tertiary/aromatic N) is 1. The third kappa shape index (κ3) is 6.44. The summed E-state index contributed by atoms with van der Waals surface area (Å²) in [6.07, 6.45) is 2.40. The Morgan fingerprint density at radius 2 is 2.06 bits per heavy atom. The number of hydrogen-bond acceptors (Lipinski definition) is 2. The molecule has 2 nitrogen and oxygen atoms in total. The largest absolute Gasteiger partial charge is 0.315 e. The van der Waals surface area contributed by atoms with E-state index < -0.39 is 0 Å². The zero-order valence-electron chi connectivity index (χ0n) is 11.5. The highest BCUT2D eigenvalue weighted by molar-refractivity contribution is 5.22. The van der Waals surface area contributed by atoms with E-state index in [1.54, 1.807) is 0 Å². The predicted molar refractivity (Wildman–Crippen MR) is 75.5 cm³/mol. The maximum atomic E-state index is 3.49. The van der Waals surface area contributed by atoms with E-state index in [4.69, 9.17) is 0 Å². The van der Waals surface area contributed by atoms with Gasteiger partial charge >= 0.3 is 0 Å². The molecule has 0 bridgehead atoms. The van der Waals surface area contributed by atoms with Gasteiger partial charge in [-0.05, 0) is 45.5 Å². The van der Waals surface area contributed by atoms with Gasteiger partial charge in [-0.15, -0.1) is 0 Å².